The highest BCUT2D eigenvalue weighted by Gasteiger charge is 2.53. The second kappa shape index (κ2) is 10.7. The first kappa shape index (κ1) is 30.7. The van der Waals surface area contributed by atoms with Gasteiger partial charge in [-0.2, -0.15) is 23.1 Å². The topological polar surface area (TPSA) is 92.4 Å². The number of halogens is 6. The van der Waals surface area contributed by atoms with Crippen LogP contribution < -0.4 is 20.7 Å². The molecule has 4 aliphatic heterocycles. The molecular formula is C33H35F6N7O. The Morgan fingerprint density at radius 2 is 1.94 bits per heavy atom. The van der Waals surface area contributed by atoms with E-state index < -0.39 is 40.2 Å². The Labute approximate surface area is 267 Å². The van der Waals surface area contributed by atoms with Gasteiger partial charge in [-0.1, -0.05) is 0 Å². The molecule has 14 heteroatoms. The number of aryl methyl sites for hydroxylation is 1. The predicted octanol–water partition coefficient (Wildman–Crippen LogP) is 6.07. The van der Waals surface area contributed by atoms with Gasteiger partial charge < -0.3 is 20.7 Å². The minimum absolute atomic E-state index is 0.0294. The molecule has 8 rings (SSSR count). The Kier molecular flexibility index (Phi) is 6.97. The summed E-state index contributed by atoms with van der Waals surface area (Å²) in [6.45, 7) is 3.63. The standard InChI is InChI=1S/C33H35F6N7O/c1-17-9-23(40)41-28(25(17)33(37,38)39)24-22(35)10-21-27(26(24)36)42-30(47-16-31-6-2-8-46(31)13-18(11-31)12-34)43-29(21)45-14-20-5-7-32(15-45,44-20)19-3-4-19/h9-10,12,19-20,44H,2-8,11,13-16H2,1H3,(H2,40,41)/b18-12-/t20-,31-,32+/m0/s1. The molecule has 8 nitrogen and oxygen atoms in total. The van der Waals surface area contributed by atoms with Gasteiger partial charge in [0.25, 0.3) is 0 Å². The largest absolute Gasteiger partial charge is 0.461 e. The quantitative estimate of drug-likeness (QED) is 0.308. The van der Waals surface area contributed by atoms with Gasteiger partial charge >= 0.3 is 12.2 Å². The normalized spacial score (nSPS) is 28.5. The van der Waals surface area contributed by atoms with Crippen LogP contribution >= 0.6 is 0 Å². The van der Waals surface area contributed by atoms with Crippen LogP contribution in [0.1, 0.15) is 56.1 Å². The second-order valence-corrected chi connectivity index (χ2v) is 14.0. The van der Waals surface area contributed by atoms with Crippen LogP contribution in [0.15, 0.2) is 24.0 Å². The third-order valence-corrected chi connectivity index (χ3v) is 10.9. The molecule has 0 radical (unpaired) electrons. The monoisotopic (exact) mass is 659 g/mol. The Bertz CT molecular complexity index is 1810. The lowest BCUT2D eigenvalue weighted by atomic mass is 9.90. The van der Waals surface area contributed by atoms with Gasteiger partial charge in [0.1, 0.15) is 29.6 Å². The number of anilines is 2. The number of pyridine rings is 1. The number of nitrogens with one attached hydrogen (secondary N) is 1. The fourth-order valence-electron chi connectivity index (χ4n) is 8.73. The van der Waals surface area contributed by atoms with Crippen molar-refractivity contribution in [3.8, 4) is 17.3 Å². The number of alkyl halides is 3. The molecule has 1 saturated carbocycles. The average Bonchev–Trinajstić information content (AvgIpc) is 3.62. The van der Waals surface area contributed by atoms with Gasteiger partial charge in [0.2, 0.25) is 0 Å². The minimum Gasteiger partial charge on any atom is -0.461 e. The summed E-state index contributed by atoms with van der Waals surface area (Å²) in [5.41, 5.74) is 1.94. The lowest BCUT2D eigenvalue weighted by Crippen LogP contribution is -2.61. The van der Waals surface area contributed by atoms with E-state index >= 15 is 8.78 Å². The first-order chi connectivity index (χ1) is 22.4. The number of ether oxygens (including phenoxy) is 1. The Morgan fingerprint density at radius 3 is 2.68 bits per heavy atom. The van der Waals surface area contributed by atoms with Crippen LogP contribution in [0.5, 0.6) is 6.01 Å². The molecular weight excluding hydrogens is 624 g/mol. The maximum absolute atomic E-state index is 16.7. The summed E-state index contributed by atoms with van der Waals surface area (Å²) in [6.07, 6.45) is 1.93. The van der Waals surface area contributed by atoms with Gasteiger partial charge in [0.05, 0.1) is 28.7 Å². The smallest absolute Gasteiger partial charge is 0.418 e. The Hall–Kier alpha value is -3.65. The van der Waals surface area contributed by atoms with Crippen LogP contribution in [0.25, 0.3) is 22.2 Å². The van der Waals surface area contributed by atoms with Crippen molar-refractivity contribution in [3.05, 3.63) is 46.8 Å². The highest BCUT2D eigenvalue weighted by atomic mass is 19.4. The number of nitrogens with two attached hydrogens (primary N) is 1. The summed E-state index contributed by atoms with van der Waals surface area (Å²) in [5, 5.41) is 3.81. The maximum Gasteiger partial charge on any atom is 0.418 e. The van der Waals surface area contributed by atoms with E-state index in [9.17, 15) is 17.6 Å². The molecule has 2 aromatic heterocycles. The van der Waals surface area contributed by atoms with E-state index in [2.05, 4.69) is 20.2 Å². The summed E-state index contributed by atoms with van der Waals surface area (Å²) in [4.78, 5) is 17.0. The molecule has 250 valence electrons. The van der Waals surface area contributed by atoms with Crippen molar-refractivity contribution in [3.63, 3.8) is 0 Å². The van der Waals surface area contributed by atoms with E-state index in [0.717, 1.165) is 57.2 Å². The number of hydrogen-bond donors (Lipinski definition) is 2. The average molecular weight is 660 g/mol. The molecule has 4 saturated heterocycles. The predicted molar refractivity (Wildman–Crippen MR) is 164 cm³/mol. The molecule has 47 heavy (non-hydrogen) atoms. The fraction of sp³-hybridized carbons (Fsp3) is 0.545. The number of nitrogen functional groups attached to an aromatic ring is 1. The third-order valence-electron chi connectivity index (χ3n) is 10.9. The molecule has 1 aromatic carbocycles. The zero-order valence-electron chi connectivity index (χ0n) is 25.9. The number of hydrogen-bond acceptors (Lipinski definition) is 8. The summed E-state index contributed by atoms with van der Waals surface area (Å²) >= 11 is 0. The van der Waals surface area contributed by atoms with Crippen LogP contribution in [0, 0.1) is 24.5 Å². The first-order valence-corrected chi connectivity index (χ1v) is 16.1. The molecule has 2 bridgehead atoms. The van der Waals surface area contributed by atoms with Crippen molar-refractivity contribution in [2.45, 2.75) is 75.2 Å². The van der Waals surface area contributed by atoms with Crippen molar-refractivity contribution in [2.75, 3.05) is 43.4 Å². The van der Waals surface area contributed by atoms with Crippen molar-refractivity contribution >= 4 is 22.5 Å². The van der Waals surface area contributed by atoms with E-state index in [4.69, 9.17) is 15.5 Å². The van der Waals surface area contributed by atoms with Gasteiger partial charge in [-0.3, -0.25) is 4.90 Å². The Morgan fingerprint density at radius 1 is 1.13 bits per heavy atom. The maximum atomic E-state index is 16.7. The number of piperazine rings is 1. The molecule has 3 aromatic rings. The first-order valence-electron chi connectivity index (χ1n) is 16.1. The molecule has 0 unspecified atom stereocenters. The highest BCUT2D eigenvalue weighted by Crippen LogP contribution is 2.49. The number of aromatic nitrogens is 3. The fourth-order valence-corrected chi connectivity index (χ4v) is 8.73. The van der Waals surface area contributed by atoms with Crippen molar-refractivity contribution in [1.82, 2.24) is 25.2 Å². The van der Waals surface area contributed by atoms with Crippen LogP contribution in [-0.2, 0) is 6.18 Å². The van der Waals surface area contributed by atoms with E-state index in [1.807, 2.05) is 4.90 Å². The number of nitrogens with zero attached hydrogens (tertiary/aromatic N) is 5. The van der Waals surface area contributed by atoms with Crippen LogP contribution in [-0.4, -0.2) is 69.8 Å². The number of fused-ring (bicyclic) bond motifs is 4. The minimum atomic E-state index is -4.96. The van der Waals surface area contributed by atoms with Crippen molar-refractivity contribution in [1.29, 1.82) is 0 Å². The van der Waals surface area contributed by atoms with Gasteiger partial charge in [-0.25, -0.2) is 18.2 Å². The Balaban J connectivity index is 1.27. The van der Waals surface area contributed by atoms with Gasteiger partial charge in [-0.15, -0.1) is 0 Å². The van der Waals surface area contributed by atoms with Gasteiger partial charge in [-0.05, 0) is 87.6 Å². The highest BCUT2D eigenvalue weighted by molar-refractivity contribution is 5.94. The SMILES string of the molecule is Cc1cc(N)nc(-c2c(F)cc3c(N4C[C@@H]5CC[C@](C6CC6)(C4)N5)nc(OC[C@@]45CCCN4C/C(=C\F)C5)nc3c2F)c1C(F)(F)F. The zero-order chi connectivity index (χ0) is 32.9. The van der Waals surface area contributed by atoms with Crippen molar-refractivity contribution < 1.29 is 31.1 Å². The molecule has 0 spiro atoms. The van der Waals surface area contributed by atoms with Crippen molar-refractivity contribution in [2.24, 2.45) is 5.92 Å². The zero-order valence-corrected chi connectivity index (χ0v) is 25.9. The molecule has 3 atom stereocenters. The molecule has 5 fully saturated rings. The lowest BCUT2D eigenvalue weighted by Gasteiger charge is -2.42. The van der Waals surface area contributed by atoms with Gasteiger partial charge in [0.15, 0.2) is 5.82 Å². The van der Waals surface area contributed by atoms with Crippen LogP contribution in [0.3, 0.4) is 0 Å². The summed E-state index contributed by atoms with van der Waals surface area (Å²) < 4.78 is 95.2. The van der Waals surface area contributed by atoms with Crippen LogP contribution in [0.2, 0.25) is 0 Å². The summed E-state index contributed by atoms with van der Waals surface area (Å²) in [5.74, 6) is -2.10. The summed E-state index contributed by atoms with van der Waals surface area (Å²) in [6, 6.07) is 1.98. The number of benzene rings is 1. The van der Waals surface area contributed by atoms with E-state index in [1.165, 1.54) is 6.92 Å². The molecule has 1 aliphatic carbocycles. The molecule has 6 heterocycles. The van der Waals surface area contributed by atoms with E-state index in [1.54, 1.807) is 0 Å². The van der Waals surface area contributed by atoms with E-state index in [-0.39, 0.29) is 52.3 Å². The lowest BCUT2D eigenvalue weighted by molar-refractivity contribution is -0.137. The summed E-state index contributed by atoms with van der Waals surface area (Å²) in [7, 11) is 0. The number of rotatable bonds is 6. The van der Waals surface area contributed by atoms with E-state index in [0.29, 0.717) is 43.9 Å². The second-order valence-electron chi connectivity index (χ2n) is 14.0. The molecule has 5 aliphatic rings. The third kappa shape index (κ3) is 5.01. The molecule has 0 amide bonds. The molecule has 3 N–H and O–H groups in total. The van der Waals surface area contributed by atoms with Gasteiger partial charge in [0, 0.05) is 36.6 Å². The van der Waals surface area contributed by atoms with Crippen LogP contribution in [0.4, 0.5) is 38.0 Å².